The zero-order chi connectivity index (χ0) is 11.4. The molecule has 0 heterocycles. The standard InChI is InChI=1S/C13H26O2/c1-2-3-4-5-6-7-8-9-10-13(15)11-12-14/h12-13,15H,2-11H2,1H3. The molecule has 0 fully saturated rings. The normalized spacial score (nSPS) is 12.7. The highest BCUT2D eigenvalue weighted by Crippen LogP contribution is 2.11. The number of unbranched alkanes of at least 4 members (excludes halogenated alkanes) is 7. The van der Waals surface area contributed by atoms with Crippen molar-refractivity contribution in [3.8, 4) is 0 Å². The fourth-order valence-corrected chi connectivity index (χ4v) is 1.74. The van der Waals surface area contributed by atoms with E-state index >= 15 is 0 Å². The van der Waals surface area contributed by atoms with Crippen molar-refractivity contribution in [3.63, 3.8) is 0 Å². The summed E-state index contributed by atoms with van der Waals surface area (Å²) >= 11 is 0. The summed E-state index contributed by atoms with van der Waals surface area (Å²) in [6, 6.07) is 0. The predicted molar refractivity (Wildman–Crippen MR) is 63.9 cm³/mol. The Hall–Kier alpha value is -0.370. The maximum atomic E-state index is 10.1. The van der Waals surface area contributed by atoms with Crippen LogP contribution >= 0.6 is 0 Å². The number of aldehydes is 1. The van der Waals surface area contributed by atoms with Gasteiger partial charge in [0.15, 0.2) is 0 Å². The second-order valence-electron chi connectivity index (χ2n) is 4.32. The van der Waals surface area contributed by atoms with E-state index in [-0.39, 0.29) is 0 Å². The molecule has 0 amide bonds. The summed E-state index contributed by atoms with van der Waals surface area (Å²) in [5.74, 6) is 0. The van der Waals surface area contributed by atoms with Crippen molar-refractivity contribution in [3.05, 3.63) is 0 Å². The van der Waals surface area contributed by atoms with Gasteiger partial charge < -0.3 is 9.90 Å². The van der Waals surface area contributed by atoms with E-state index in [1.807, 2.05) is 0 Å². The van der Waals surface area contributed by atoms with E-state index in [4.69, 9.17) is 0 Å². The number of hydrogen-bond donors (Lipinski definition) is 1. The summed E-state index contributed by atoms with van der Waals surface area (Å²) in [6.45, 7) is 2.23. The summed E-state index contributed by atoms with van der Waals surface area (Å²) in [5.41, 5.74) is 0. The van der Waals surface area contributed by atoms with Gasteiger partial charge in [-0.3, -0.25) is 0 Å². The number of aliphatic hydroxyl groups excluding tert-OH is 1. The molecule has 1 atom stereocenters. The molecule has 0 aliphatic heterocycles. The van der Waals surface area contributed by atoms with Crippen LogP contribution in [0.3, 0.4) is 0 Å². The zero-order valence-corrected chi connectivity index (χ0v) is 10.1. The Balaban J connectivity index is 3.01. The lowest BCUT2D eigenvalue weighted by Gasteiger charge is -2.06. The molecule has 2 nitrogen and oxygen atoms in total. The Morgan fingerprint density at radius 1 is 1.00 bits per heavy atom. The maximum Gasteiger partial charge on any atom is 0.122 e. The summed E-state index contributed by atoms with van der Waals surface area (Å²) in [6.07, 6.45) is 11.7. The van der Waals surface area contributed by atoms with Gasteiger partial charge >= 0.3 is 0 Å². The Labute approximate surface area is 94.1 Å². The molecule has 0 aliphatic rings. The van der Waals surface area contributed by atoms with Crippen molar-refractivity contribution >= 4 is 6.29 Å². The SMILES string of the molecule is CCCCCCCCCCC(O)CC=O. The minimum atomic E-state index is -0.400. The highest BCUT2D eigenvalue weighted by molar-refractivity contribution is 5.49. The monoisotopic (exact) mass is 214 g/mol. The molecule has 0 saturated carbocycles. The van der Waals surface area contributed by atoms with Crippen molar-refractivity contribution in [1.82, 2.24) is 0 Å². The molecule has 0 aliphatic carbocycles. The van der Waals surface area contributed by atoms with E-state index in [1.165, 1.54) is 44.9 Å². The minimum Gasteiger partial charge on any atom is -0.393 e. The van der Waals surface area contributed by atoms with Crippen LogP contribution in [0.4, 0.5) is 0 Å². The minimum absolute atomic E-state index is 0.302. The van der Waals surface area contributed by atoms with E-state index in [1.54, 1.807) is 0 Å². The van der Waals surface area contributed by atoms with Gasteiger partial charge in [-0.05, 0) is 6.42 Å². The molecule has 0 aromatic heterocycles. The molecule has 0 bridgehead atoms. The molecule has 0 rings (SSSR count). The van der Waals surface area contributed by atoms with Crippen molar-refractivity contribution in [2.45, 2.75) is 77.2 Å². The van der Waals surface area contributed by atoms with Gasteiger partial charge in [0.25, 0.3) is 0 Å². The largest absolute Gasteiger partial charge is 0.393 e. The third-order valence-electron chi connectivity index (χ3n) is 2.76. The fraction of sp³-hybridized carbons (Fsp3) is 0.923. The smallest absolute Gasteiger partial charge is 0.122 e. The predicted octanol–water partition coefficient (Wildman–Crippen LogP) is 3.47. The van der Waals surface area contributed by atoms with Gasteiger partial charge in [-0.1, -0.05) is 58.3 Å². The zero-order valence-electron chi connectivity index (χ0n) is 10.1. The van der Waals surface area contributed by atoms with E-state index in [0.717, 1.165) is 19.1 Å². The summed E-state index contributed by atoms with van der Waals surface area (Å²) in [5, 5.41) is 9.29. The average Bonchev–Trinajstić information content (AvgIpc) is 2.22. The second kappa shape index (κ2) is 11.7. The van der Waals surface area contributed by atoms with Crippen LogP contribution in [-0.4, -0.2) is 17.5 Å². The van der Waals surface area contributed by atoms with Crippen LogP contribution in [0, 0.1) is 0 Å². The molecule has 0 radical (unpaired) electrons. The van der Waals surface area contributed by atoms with Gasteiger partial charge in [-0.2, -0.15) is 0 Å². The van der Waals surface area contributed by atoms with Gasteiger partial charge in [-0.25, -0.2) is 0 Å². The lowest BCUT2D eigenvalue weighted by atomic mass is 10.0. The molecule has 0 saturated heterocycles. The van der Waals surface area contributed by atoms with Crippen LogP contribution in [-0.2, 0) is 4.79 Å². The van der Waals surface area contributed by atoms with Crippen molar-refractivity contribution in [2.75, 3.05) is 0 Å². The number of aliphatic hydroxyl groups is 1. The number of carbonyl (C=O) groups is 1. The highest BCUT2D eigenvalue weighted by atomic mass is 16.3. The third-order valence-corrected chi connectivity index (χ3v) is 2.76. The van der Waals surface area contributed by atoms with Crippen LogP contribution in [0.5, 0.6) is 0 Å². The highest BCUT2D eigenvalue weighted by Gasteiger charge is 2.01. The average molecular weight is 214 g/mol. The lowest BCUT2D eigenvalue weighted by molar-refractivity contribution is -0.109. The first-order chi connectivity index (χ1) is 7.31. The Kier molecular flexibility index (Phi) is 11.4. The molecule has 1 N–H and O–H groups in total. The van der Waals surface area contributed by atoms with Crippen molar-refractivity contribution < 1.29 is 9.90 Å². The van der Waals surface area contributed by atoms with Crippen LogP contribution in [0.25, 0.3) is 0 Å². The molecule has 15 heavy (non-hydrogen) atoms. The maximum absolute atomic E-state index is 10.1. The molecule has 0 aromatic rings. The van der Waals surface area contributed by atoms with Crippen molar-refractivity contribution in [1.29, 1.82) is 0 Å². The fourth-order valence-electron chi connectivity index (χ4n) is 1.74. The molecule has 1 unspecified atom stereocenters. The number of hydrogen-bond acceptors (Lipinski definition) is 2. The van der Waals surface area contributed by atoms with Crippen molar-refractivity contribution in [2.24, 2.45) is 0 Å². The lowest BCUT2D eigenvalue weighted by Crippen LogP contribution is -2.06. The molecular weight excluding hydrogens is 188 g/mol. The van der Waals surface area contributed by atoms with E-state index < -0.39 is 6.10 Å². The summed E-state index contributed by atoms with van der Waals surface area (Å²) in [7, 11) is 0. The van der Waals surface area contributed by atoms with Crippen LogP contribution in [0.2, 0.25) is 0 Å². The first-order valence-corrected chi connectivity index (χ1v) is 6.43. The molecule has 0 aromatic carbocycles. The Morgan fingerprint density at radius 2 is 1.53 bits per heavy atom. The Morgan fingerprint density at radius 3 is 2.07 bits per heavy atom. The topological polar surface area (TPSA) is 37.3 Å². The van der Waals surface area contributed by atoms with Crippen LogP contribution in [0.15, 0.2) is 0 Å². The first kappa shape index (κ1) is 14.6. The van der Waals surface area contributed by atoms with E-state index in [2.05, 4.69) is 6.92 Å². The summed E-state index contributed by atoms with van der Waals surface area (Å²) < 4.78 is 0. The van der Waals surface area contributed by atoms with Gasteiger partial charge in [0.2, 0.25) is 0 Å². The first-order valence-electron chi connectivity index (χ1n) is 6.43. The third kappa shape index (κ3) is 11.6. The number of carbonyl (C=O) groups excluding carboxylic acids is 1. The van der Waals surface area contributed by atoms with Gasteiger partial charge in [0, 0.05) is 6.42 Å². The summed E-state index contributed by atoms with van der Waals surface area (Å²) in [4.78, 5) is 10.1. The molecule has 90 valence electrons. The number of rotatable bonds is 11. The second-order valence-corrected chi connectivity index (χ2v) is 4.32. The molecular formula is C13H26O2. The molecule has 2 heteroatoms. The van der Waals surface area contributed by atoms with Gasteiger partial charge in [0.1, 0.15) is 6.29 Å². The van der Waals surface area contributed by atoms with Gasteiger partial charge in [0.05, 0.1) is 6.10 Å². The van der Waals surface area contributed by atoms with Gasteiger partial charge in [-0.15, -0.1) is 0 Å². The van der Waals surface area contributed by atoms with E-state index in [0.29, 0.717) is 6.42 Å². The molecule has 0 spiro atoms. The van der Waals surface area contributed by atoms with E-state index in [9.17, 15) is 9.90 Å². The van der Waals surface area contributed by atoms with Crippen LogP contribution in [0.1, 0.15) is 71.1 Å². The van der Waals surface area contributed by atoms with Crippen LogP contribution < -0.4 is 0 Å². The Bertz CT molecular complexity index is 134. The quantitative estimate of drug-likeness (QED) is 0.422.